The number of hydrogen-bond acceptors (Lipinski definition) is 14. The van der Waals surface area contributed by atoms with Gasteiger partial charge in [0.1, 0.15) is 48.8 Å². The fourth-order valence-corrected chi connectivity index (χ4v) is 3.42. The molecule has 34 heavy (non-hydrogen) atoms. The van der Waals surface area contributed by atoms with E-state index >= 15 is 0 Å². The number of hydrogen-bond donors (Lipinski definition) is 8. The van der Waals surface area contributed by atoms with E-state index in [1.54, 1.807) is 0 Å². The molecule has 1 aromatic carbocycles. The first-order valence-electron chi connectivity index (χ1n) is 10.2. The van der Waals surface area contributed by atoms with Crippen molar-refractivity contribution in [2.75, 3.05) is 13.2 Å². The van der Waals surface area contributed by atoms with Gasteiger partial charge >= 0.3 is 11.9 Å². The van der Waals surface area contributed by atoms with Gasteiger partial charge in [-0.25, -0.2) is 9.59 Å². The van der Waals surface area contributed by atoms with Gasteiger partial charge in [0, 0.05) is 0 Å². The Morgan fingerprint density at radius 3 is 1.24 bits per heavy atom. The highest BCUT2D eigenvalue weighted by Crippen LogP contribution is 2.24. The minimum atomic E-state index is -1.78. The van der Waals surface area contributed by atoms with Crippen LogP contribution < -0.4 is 0 Å². The van der Waals surface area contributed by atoms with Crippen molar-refractivity contribution in [1.82, 2.24) is 0 Å². The third-order valence-electron chi connectivity index (χ3n) is 5.50. The molecular weight excluding hydrogens is 464 g/mol. The van der Waals surface area contributed by atoms with Crippen molar-refractivity contribution in [3.05, 3.63) is 35.4 Å². The smallest absolute Gasteiger partial charge is 0.340 e. The Hall–Kier alpha value is -2.24. The van der Waals surface area contributed by atoms with E-state index in [1.807, 2.05) is 0 Å². The van der Waals surface area contributed by atoms with Gasteiger partial charge in [0.15, 0.2) is 0 Å². The number of esters is 2. The minimum Gasteiger partial charge on any atom is -0.429 e. The first-order valence-corrected chi connectivity index (χ1v) is 10.2. The van der Waals surface area contributed by atoms with Crippen LogP contribution in [0.15, 0.2) is 24.3 Å². The molecule has 0 saturated carbocycles. The Kier molecular flexibility index (Phi) is 8.53. The minimum absolute atomic E-state index is 0.0960. The molecule has 2 aliphatic rings. The average Bonchev–Trinajstić information content (AvgIpc) is 2.84. The normalized spacial score (nSPS) is 38.2. The highest BCUT2D eigenvalue weighted by molar-refractivity contribution is 5.93. The molecule has 8 N–H and O–H groups in total. The van der Waals surface area contributed by atoms with Crippen molar-refractivity contribution < 1.29 is 69.4 Å². The zero-order valence-corrected chi connectivity index (χ0v) is 17.5. The largest absolute Gasteiger partial charge is 0.429 e. The van der Waals surface area contributed by atoms with Crippen molar-refractivity contribution in [3.8, 4) is 0 Å². The molecule has 0 aromatic heterocycles. The van der Waals surface area contributed by atoms with Crippen LogP contribution in [0.25, 0.3) is 0 Å². The molecule has 3 rings (SSSR count). The van der Waals surface area contributed by atoms with Crippen LogP contribution in [0.4, 0.5) is 0 Å². The Morgan fingerprint density at radius 1 is 0.618 bits per heavy atom. The van der Waals surface area contributed by atoms with Crippen molar-refractivity contribution in [3.63, 3.8) is 0 Å². The van der Waals surface area contributed by atoms with E-state index in [1.165, 1.54) is 0 Å². The van der Waals surface area contributed by atoms with E-state index in [9.17, 15) is 50.4 Å². The second-order valence-electron chi connectivity index (χ2n) is 7.78. The molecule has 0 bridgehead atoms. The van der Waals surface area contributed by atoms with Crippen LogP contribution in [0.3, 0.4) is 0 Å². The van der Waals surface area contributed by atoms with Gasteiger partial charge in [-0.05, 0) is 24.3 Å². The van der Waals surface area contributed by atoms with Crippen LogP contribution in [0, 0.1) is 0 Å². The van der Waals surface area contributed by atoms with E-state index in [-0.39, 0.29) is 11.1 Å². The molecular formula is C20H26O14. The molecule has 2 fully saturated rings. The standard InChI is InChI=1S/C20H26O14/c21-5-9-11(23)13(25)15(27)19(31-9)33-17(29)7-1-2-8(4-3-7)18(30)34-20-16(28)14(26)12(24)10(6-22)32-20/h1-4,9-16,19-28H,5-6H2/t9-,10-,11-,12-,13+,14+,15-,16-,19?,20?/m1/s1. The van der Waals surface area contributed by atoms with Gasteiger partial charge < -0.3 is 59.8 Å². The highest BCUT2D eigenvalue weighted by Gasteiger charge is 2.46. The molecule has 14 nitrogen and oxygen atoms in total. The van der Waals surface area contributed by atoms with Crippen molar-refractivity contribution in [2.45, 2.75) is 61.4 Å². The summed E-state index contributed by atoms with van der Waals surface area (Å²) in [5, 5.41) is 77.3. The van der Waals surface area contributed by atoms with Crippen molar-refractivity contribution >= 4 is 11.9 Å². The van der Waals surface area contributed by atoms with Crippen LogP contribution in [0.2, 0.25) is 0 Å². The van der Waals surface area contributed by atoms with Gasteiger partial charge in [-0.3, -0.25) is 0 Å². The summed E-state index contributed by atoms with van der Waals surface area (Å²) in [4.78, 5) is 24.7. The predicted octanol–water partition coefficient (Wildman–Crippen LogP) is -4.40. The van der Waals surface area contributed by atoms with Crippen LogP contribution in [0.1, 0.15) is 20.7 Å². The summed E-state index contributed by atoms with van der Waals surface area (Å²) in [6.07, 6.45) is -16.2. The second-order valence-corrected chi connectivity index (χ2v) is 7.78. The highest BCUT2D eigenvalue weighted by atomic mass is 16.7. The molecule has 0 radical (unpaired) electrons. The summed E-state index contributed by atoms with van der Waals surface area (Å²) in [5.74, 6) is -2.03. The van der Waals surface area contributed by atoms with E-state index in [0.29, 0.717) is 0 Å². The lowest BCUT2D eigenvalue weighted by Gasteiger charge is -2.39. The quantitative estimate of drug-likeness (QED) is 0.176. The predicted molar refractivity (Wildman–Crippen MR) is 105 cm³/mol. The first-order chi connectivity index (χ1) is 16.1. The molecule has 2 saturated heterocycles. The molecule has 0 amide bonds. The van der Waals surface area contributed by atoms with E-state index in [2.05, 4.69) is 0 Å². The van der Waals surface area contributed by atoms with Crippen LogP contribution in [0.5, 0.6) is 0 Å². The Bertz CT molecular complexity index is 773. The molecule has 0 aliphatic carbocycles. The van der Waals surface area contributed by atoms with Crippen molar-refractivity contribution in [1.29, 1.82) is 0 Å². The molecule has 14 heteroatoms. The summed E-state index contributed by atoms with van der Waals surface area (Å²) < 4.78 is 20.2. The third-order valence-corrected chi connectivity index (χ3v) is 5.50. The Balaban J connectivity index is 1.62. The molecule has 0 spiro atoms. The number of ether oxygens (including phenoxy) is 4. The molecule has 190 valence electrons. The molecule has 2 unspecified atom stereocenters. The maximum Gasteiger partial charge on any atom is 0.340 e. The van der Waals surface area contributed by atoms with Gasteiger partial charge in [0.25, 0.3) is 0 Å². The zero-order valence-electron chi connectivity index (χ0n) is 17.5. The number of rotatable bonds is 6. The van der Waals surface area contributed by atoms with Crippen molar-refractivity contribution in [2.24, 2.45) is 0 Å². The number of benzene rings is 1. The van der Waals surface area contributed by atoms with Crippen LogP contribution >= 0.6 is 0 Å². The van der Waals surface area contributed by atoms with E-state index < -0.39 is 86.6 Å². The maximum absolute atomic E-state index is 12.4. The van der Waals surface area contributed by atoms with Gasteiger partial charge in [-0.2, -0.15) is 0 Å². The van der Waals surface area contributed by atoms with Gasteiger partial charge in [-0.1, -0.05) is 0 Å². The summed E-state index contributed by atoms with van der Waals surface area (Å²) in [6.45, 7) is -1.41. The van der Waals surface area contributed by atoms with Gasteiger partial charge in [0.05, 0.1) is 24.3 Å². The van der Waals surface area contributed by atoms with E-state index in [0.717, 1.165) is 24.3 Å². The zero-order chi connectivity index (χ0) is 25.2. The third kappa shape index (κ3) is 5.36. The molecule has 2 aliphatic heterocycles. The second kappa shape index (κ2) is 11.0. The fraction of sp³-hybridized carbons (Fsp3) is 0.600. The molecule has 2 heterocycles. The lowest BCUT2D eigenvalue weighted by molar-refractivity contribution is -0.285. The lowest BCUT2D eigenvalue weighted by atomic mass is 9.99. The summed E-state index contributed by atoms with van der Waals surface area (Å²) in [5.41, 5.74) is -0.192. The first kappa shape index (κ1) is 26.4. The number of carbonyl (C=O) groups excluding carboxylic acids is 2. The summed E-state index contributed by atoms with van der Waals surface area (Å²) in [7, 11) is 0. The number of aliphatic hydroxyl groups excluding tert-OH is 8. The maximum atomic E-state index is 12.4. The molecule has 1 aromatic rings. The van der Waals surface area contributed by atoms with Gasteiger partial charge in [0.2, 0.25) is 12.6 Å². The molecule has 10 atom stereocenters. The van der Waals surface area contributed by atoms with E-state index in [4.69, 9.17) is 18.9 Å². The number of aliphatic hydroxyl groups is 8. The fourth-order valence-electron chi connectivity index (χ4n) is 3.42. The Morgan fingerprint density at radius 2 is 0.941 bits per heavy atom. The number of carbonyl (C=O) groups is 2. The topological polar surface area (TPSA) is 233 Å². The average molecular weight is 490 g/mol. The lowest BCUT2D eigenvalue weighted by Crippen LogP contribution is -2.59. The SMILES string of the molecule is O=C(OC1O[C@H](CO)[C@@H](O)[C@H](O)[C@H]1O)c1ccc(C(=O)OC2O[C@H](CO)[C@@H](O)[C@H](O)[C@H]2O)cc1. The summed E-state index contributed by atoms with van der Waals surface area (Å²) in [6, 6.07) is 4.65. The monoisotopic (exact) mass is 490 g/mol. The van der Waals surface area contributed by atoms with Crippen LogP contribution in [-0.2, 0) is 18.9 Å². The summed E-state index contributed by atoms with van der Waals surface area (Å²) >= 11 is 0. The Labute approximate surface area is 192 Å². The van der Waals surface area contributed by atoms with Gasteiger partial charge in [-0.15, -0.1) is 0 Å². The van der Waals surface area contributed by atoms with Crippen LogP contribution in [-0.4, -0.2) is 127 Å².